The number of morpholine rings is 1. The highest BCUT2D eigenvalue weighted by atomic mass is 19.3. The highest BCUT2D eigenvalue weighted by Crippen LogP contribution is 2.29. The molecule has 0 saturated carbocycles. The molecule has 31 heavy (non-hydrogen) atoms. The summed E-state index contributed by atoms with van der Waals surface area (Å²) in [5.41, 5.74) is 2.24. The minimum atomic E-state index is -2.95. The van der Waals surface area contributed by atoms with Crippen molar-refractivity contribution in [2.75, 3.05) is 50.2 Å². The van der Waals surface area contributed by atoms with E-state index in [0.29, 0.717) is 24.5 Å². The highest BCUT2D eigenvalue weighted by molar-refractivity contribution is 5.92. The lowest BCUT2D eigenvalue weighted by atomic mass is 10.2. The van der Waals surface area contributed by atoms with Crippen LogP contribution in [0.5, 0.6) is 11.5 Å². The Morgan fingerprint density at radius 3 is 2.61 bits per heavy atom. The van der Waals surface area contributed by atoms with E-state index in [1.165, 1.54) is 31.5 Å². The number of methoxy groups -OCH3 is 1. The van der Waals surface area contributed by atoms with Crippen molar-refractivity contribution in [2.45, 2.75) is 6.61 Å². The van der Waals surface area contributed by atoms with Gasteiger partial charge in [0.15, 0.2) is 18.1 Å². The molecule has 10 heteroatoms. The van der Waals surface area contributed by atoms with Crippen molar-refractivity contribution in [1.29, 1.82) is 0 Å². The third-order valence-corrected chi connectivity index (χ3v) is 4.40. The molecular formula is C21H23F2N3O5. The number of hydrogen-bond acceptors (Lipinski definition) is 7. The van der Waals surface area contributed by atoms with Crippen LogP contribution in [0, 0.1) is 0 Å². The number of ether oxygens (including phenoxy) is 3. The van der Waals surface area contributed by atoms with Gasteiger partial charge in [-0.25, -0.2) is 0 Å². The van der Waals surface area contributed by atoms with E-state index >= 15 is 0 Å². The molecule has 0 bridgehead atoms. The first-order chi connectivity index (χ1) is 15.0. The number of oxime groups is 1. The summed E-state index contributed by atoms with van der Waals surface area (Å²) >= 11 is 0. The normalized spacial score (nSPS) is 14.0. The van der Waals surface area contributed by atoms with Crippen molar-refractivity contribution in [3.05, 3.63) is 48.0 Å². The number of hydrogen-bond donors (Lipinski definition) is 1. The second-order valence-electron chi connectivity index (χ2n) is 6.49. The van der Waals surface area contributed by atoms with Crippen LogP contribution in [-0.4, -0.2) is 58.8 Å². The number of amides is 1. The number of benzene rings is 2. The molecule has 0 unspecified atom stereocenters. The van der Waals surface area contributed by atoms with Crippen LogP contribution in [0.3, 0.4) is 0 Å². The minimum absolute atomic E-state index is 0.0883. The molecule has 2 aromatic carbocycles. The lowest BCUT2D eigenvalue weighted by Crippen LogP contribution is -2.36. The van der Waals surface area contributed by atoms with Gasteiger partial charge in [-0.2, -0.15) is 8.78 Å². The summed E-state index contributed by atoms with van der Waals surface area (Å²) in [5, 5.41) is 6.44. The highest BCUT2D eigenvalue weighted by Gasteiger charge is 2.12. The second kappa shape index (κ2) is 11.1. The molecule has 1 fully saturated rings. The van der Waals surface area contributed by atoms with E-state index in [2.05, 4.69) is 20.1 Å². The number of carbonyl (C=O) groups is 1. The lowest BCUT2D eigenvalue weighted by molar-refractivity contribution is -0.120. The molecule has 2 aromatic rings. The van der Waals surface area contributed by atoms with Crippen molar-refractivity contribution < 1.29 is 32.6 Å². The molecule has 0 radical (unpaired) electrons. The van der Waals surface area contributed by atoms with Crippen molar-refractivity contribution in [1.82, 2.24) is 0 Å². The Balaban J connectivity index is 1.46. The predicted molar refractivity (Wildman–Crippen MR) is 111 cm³/mol. The van der Waals surface area contributed by atoms with Gasteiger partial charge in [0.2, 0.25) is 0 Å². The zero-order valence-electron chi connectivity index (χ0n) is 16.9. The maximum atomic E-state index is 12.4. The fourth-order valence-corrected chi connectivity index (χ4v) is 2.93. The number of nitrogens with one attached hydrogen (secondary N) is 1. The number of nitrogens with zero attached hydrogens (tertiary/aromatic N) is 2. The third-order valence-electron chi connectivity index (χ3n) is 4.40. The van der Waals surface area contributed by atoms with Gasteiger partial charge >= 0.3 is 6.61 Å². The van der Waals surface area contributed by atoms with E-state index in [4.69, 9.17) is 14.3 Å². The zero-order valence-corrected chi connectivity index (χ0v) is 16.9. The summed E-state index contributed by atoms with van der Waals surface area (Å²) in [5.74, 6) is -0.327. The monoisotopic (exact) mass is 435 g/mol. The number of halogens is 2. The Morgan fingerprint density at radius 2 is 1.94 bits per heavy atom. The summed E-state index contributed by atoms with van der Waals surface area (Å²) in [6, 6.07) is 11.8. The first-order valence-electron chi connectivity index (χ1n) is 9.56. The summed E-state index contributed by atoms with van der Waals surface area (Å²) < 4.78 is 39.4. The molecule has 3 rings (SSSR count). The van der Waals surface area contributed by atoms with Crippen molar-refractivity contribution in [3.8, 4) is 11.5 Å². The Labute approximate surface area is 178 Å². The van der Waals surface area contributed by atoms with Crippen LogP contribution in [0.15, 0.2) is 47.6 Å². The minimum Gasteiger partial charge on any atom is -0.493 e. The van der Waals surface area contributed by atoms with Crippen LogP contribution < -0.4 is 19.7 Å². The van der Waals surface area contributed by atoms with Gasteiger partial charge < -0.3 is 29.3 Å². The smallest absolute Gasteiger partial charge is 0.387 e. The average molecular weight is 435 g/mol. The molecular weight excluding hydrogens is 412 g/mol. The lowest BCUT2D eigenvalue weighted by Gasteiger charge is -2.28. The van der Waals surface area contributed by atoms with Gasteiger partial charge in [0.1, 0.15) is 0 Å². The number of carbonyl (C=O) groups excluding carboxylic acids is 1. The molecule has 1 aliphatic heterocycles. The molecule has 1 heterocycles. The molecule has 1 N–H and O–H groups in total. The van der Waals surface area contributed by atoms with Crippen LogP contribution in [0.4, 0.5) is 20.2 Å². The van der Waals surface area contributed by atoms with E-state index in [-0.39, 0.29) is 24.0 Å². The topological polar surface area (TPSA) is 81.6 Å². The molecule has 0 aliphatic carbocycles. The summed E-state index contributed by atoms with van der Waals surface area (Å²) in [7, 11) is 1.34. The van der Waals surface area contributed by atoms with Crippen LogP contribution in [-0.2, 0) is 14.4 Å². The number of alkyl halides is 2. The third kappa shape index (κ3) is 6.82. The number of anilines is 2. The van der Waals surface area contributed by atoms with Crippen molar-refractivity contribution in [3.63, 3.8) is 0 Å². The van der Waals surface area contributed by atoms with Gasteiger partial charge in [-0.05, 0) is 42.5 Å². The molecule has 0 aromatic heterocycles. The van der Waals surface area contributed by atoms with Crippen molar-refractivity contribution in [2.24, 2.45) is 5.16 Å². The molecule has 8 nitrogen and oxygen atoms in total. The van der Waals surface area contributed by atoms with E-state index in [1.807, 2.05) is 24.3 Å². The fourth-order valence-electron chi connectivity index (χ4n) is 2.93. The van der Waals surface area contributed by atoms with Gasteiger partial charge in [0, 0.05) is 30.0 Å². The van der Waals surface area contributed by atoms with Crippen LogP contribution in [0.2, 0.25) is 0 Å². The Hall–Kier alpha value is -3.40. The fraction of sp³-hybridized carbons (Fsp3) is 0.333. The maximum Gasteiger partial charge on any atom is 0.387 e. The van der Waals surface area contributed by atoms with Gasteiger partial charge in [0.25, 0.3) is 5.91 Å². The Kier molecular flexibility index (Phi) is 7.99. The van der Waals surface area contributed by atoms with E-state index in [0.717, 1.165) is 18.8 Å². The quantitative estimate of drug-likeness (QED) is 0.482. The average Bonchev–Trinajstić information content (AvgIpc) is 2.78. The summed E-state index contributed by atoms with van der Waals surface area (Å²) in [6.45, 7) is -0.152. The van der Waals surface area contributed by atoms with E-state index < -0.39 is 6.61 Å². The number of rotatable bonds is 9. The first-order valence-corrected chi connectivity index (χ1v) is 9.56. The summed E-state index contributed by atoms with van der Waals surface area (Å²) in [4.78, 5) is 19.2. The maximum absolute atomic E-state index is 12.4. The van der Waals surface area contributed by atoms with Crippen molar-refractivity contribution >= 4 is 23.5 Å². The van der Waals surface area contributed by atoms with E-state index in [9.17, 15) is 13.6 Å². The van der Waals surface area contributed by atoms with E-state index in [1.54, 1.807) is 0 Å². The van der Waals surface area contributed by atoms with Gasteiger partial charge in [0.05, 0.1) is 26.5 Å². The molecule has 1 saturated heterocycles. The standard InChI is InChI=1S/C21H23F2N3O5/c1-28-19-12-15(2-7-18(19)31-21(22)23)13-24-30-14-20(27)25-16-3-5-17(6-4-16)26-8-10-29-11-9-26/h2-7,12-13,21H,8-11,14H2,1H3,(H,25,27). The summed E-state index contributed by atoms with van der Waals surface area (Å²) in [6.07, 6.45) is 1.33. The van der Waals surface area contributed by atoms with Crippen LogP contribution in [0.25, 0.3) is 0 Å². The SMILES string of the molecule is COc1cc(C=NOCC(=O)Nc2ccc(N3CCOCC3)cc2)ccc1OC(F)F. The van der Waals surface area contributed by atoms with Gasteiger partial charge in [-0.1, -0.05) is 5.16 Å². The molecule has 0 spiro atoms. The molecule has 0 atom stereocenters. The largest absolute Gasteiger partial charge is 0.493 e. The van der Waals surface area contributed by atoms with Crippen LogP contribution >= 0.6 is 0 Å². The Morgan fingerprint density at radius 1 is 1.19 bits per heavy atom. The second-order valence-corrected chi connectivity index (χ2v) is 6.49. The van der Waals surface area contributed by atoms with Gasteiger partial charge in [-0.15, -0.1) is 0 Å². The van der Waals surface area contributed by atoms with Crippen LogP contribution in [0.1, 0.15) is 5.56 Å². The molecule has 1 aliphatic rings. The Bertz CT molecular complexity index is 887. The van der Waals surface area contributed by atoms with Gasteiger partial charge in [-0.3, -0.25) is 4.79 Å². The first kappa shape index (κ1) is 22.3. The molecule has 166 valence electrons. The molecule has 1 amide bonds. The zero-order chi connectivity index (χ0) is 22.1. The predicted octanol–water partition coefficient (Wildman–Crippen LogP) is 3.12.